The molecule has 1 atom stereocenters. The minimum absolute atomic E-state index is 0.181. The molecule has 2 aromatic carbocycles. The van der Waals surface area contributed by atoms with E-state index in [0.29, 0.717) is 60.2 Å². The molecule has 3 rings (SSSR count). The molecule has 1 aromatic heterocycles. The van der Waals surface area contributed by atoms with Crippen LogP contribution < -0.4 is 10.9 Å². The number of amides is 2. The van der Waals surface area contributed by atoms with Crippen LogP contribution in [0, 0.1) is 0 Å². The molecule has 1 N–H and O–H groups in total. The quantitative estimate of drug-likeness (QED) is 0.391. The molecule has 182 valence electrons. The molecule has 0 saturated carbocycles. The normalized spacial score (nSPS) is 12.0. The molecule has 0 fully saturated rings. The summed E-state index contributed by atoms with van der Waals surface area (Å²) in [6, 6.07) is 11.2. The van der Waals surface area contributed by atoms with Gasteiger partial charge in [0.1, 0.15) is 5.82 Å². The Morgan fingerprint density at radius 1 is 1.12 bits per heavy atom. The van der Waals surface area contributed by atoms with Gasteiger partial charge in [-0.1, -0.05) is 41.4 Å². The number of ether oxygens (including phenoxy) is 2. The second-order valence-corrected chi connectivity index (χ2v) is 8.47. The Labute approximate surface area is 208 Å². The second-order valence-electron chi connectivity index (χ2n) is 7.68. The summed E-state index contributed by atoms with van der Waals surface area (Å²) in [5.41, 5.74) is 0.782. The van der Waals surface area contributed by atoms with Crippen molar-refractivity contribution in [2.24, 2.45) is 0 Å². The van der Waals surface area contributed by atoms with Crippen molar-refractivity contribution in [1.29, 1.82) is 0 Å². The van der Waals surface area contributed by atoms with E-state index in [1.807, 2.05) is 13.0 Å². The van der Waals surface area contributed by atoms with Crippen LogP contribution in [0.5, 0.6) is 0 Å². The highest BCUT2D eigenvalue weighted by Crippen LogP contribution is 2.30. The Bertz CT molecular complexity index is 1200. The summed E-state index contributed by atoms with van der Waals surface area (Å²) < 4.78 is 12.0. The van der Waals surface area contributed by atoms with Crippen molar-refractivity contribution in [2.45, 2.75) is 25.9 Å². The van der Waals surface area contributed by atoms with Crippen molar-refractivity contribution in [3.8, 4) is 0 Å². The molecule has 0 aliphatic rings. The van der Waals surface area contributed by atoms with Gasteiger partial charge in [-0.3, -0.25) is 9.36 Å². The first-order chi connectivity index (χ1) is 16.4. The molecule has 0 spiro atoms. The summed E-state index contributed by atoms with van der Waals surface area (Å²) >= 11 is 12.4. The first-order valence-electron chi connectivity index (χ1n) is 10.9. The average molecular weight is 507 g/mol. The highest BCUT2D eigenvalue weighted by atomic mass is 35.5. The van der Waals surface area contributed by atoms with Gasteiger partial charge in [0.2, 0.25) is 0 Å². The lowest BCUT2D eigenvalue weighted by molar-refractivity contribution is 0.155. The van der Waals surface area contributed by atoms with Crippen molar-refractivity contribution < 1.29 is 14.3 Å². The molecule has 1 unspecified atom stereocenters. The van der Waals surface area contributed by atoms with Crippen LogP contribution in [-0.4, -0.2) is 54.5 Å². The molecule has 0 aliphatic carbocycles. The standard InChI is InChI=1S/C24H28Cl2N4O4/c1-16(22-27-19-10-5-4-8-17(19)23(31)30(22)13-15-34-3)29(12-7-14-33-2)24(32)28-20-11-6-9-18(25)21(20)26/h4-6,8-11,16H,7,12-15H2,1-3H3,(H,28,32). The van der Waals surface area contributed by atoms with Gasteiger partial charge in [0.15, 0.2) is 0 Å². The van der Waals surface area contributed by atoms with E-state index in [4.69, 9.17) is 37.7 Å². The Morgan fingerprint density at radius 3 is 2.59 bits per heavy atom. The van der Waals surface area contributed by atoms with Gasteiger partial charge in [-0.05, 0) is 37.6 Å². The number of fused-ring (bicyclic) bond motifs is 1. The molecule has 0 bridgehead atoms. The number of nitrogens with zero attached hydrogens (tertiary/aromatic N) is 3. The van der Waals surface area contributed by atoms with Gasteiger partial charge >= 0.3 is 6.03 Å². The first kappa shape index (κ1) is 26.0. The summed E-state index contributed by atoms with van der Waals surface area (Å²) in [6.07, 6.45) is 0.591. The maximum atomic E-state index is 13.4. The molecule has 0 aliphatic heterocycles. The summed E-state index contributed by atoms with van der Waals surface area (Å²) in [4.78, 5) is 33.0. The van der Waals surface area contributed by atoms with Crippen LogP contribution in [0.2, 0.25) is 10.0 Å². The van der Waals surface area contributed by atoms with Gasteiger partial charge in [-0.2, -0.15) is 0 Å². The second kappa shape index (κ2) is 12.2. The van der Waals surface area contributed by atoms with Crippen LogP contribution in [0.3, 0.4) is 0 Å². The van der Waals surface area contributed by atoms with Gasteiger partial charge in [-0.15, -0.1) is 0 Å². The average Bonchev–Trinajstić information content (AvgIpc) is 2.83. The monoisotopic (exact) mass is 506 g/mol. The number of anilines is 1. The zero-order valence-corrected chi connectivity index (χ0v) is 20.9. The van der Waals surface area contributed by atoms with E-state index < -0.39 is 12.1 Å². The highest BCUT2D eigenvalue weighted by molar-refractivity contribution is 6.43. The number of para-hydroxylation sites is 1. The number of rotatable bonds is 10. The summed E-state index contributed by atoms with van der Waals surface area (Å²) in [7, 11) is 3.18. The van der Waals surface area contributed by atoms with Crippen LogP contribution in [0.1, 0.15) is 25.2 Å². The number of carbonyl (C=O) groups is 1. The third-order valence-corrected chi connectivity index (χ3v) is 6.27. The molecule has 0 saturated heterocycles. The van der Waals surface area contributed by atoms with Crippen LogP contribution >= 0.6 is 23.2 Å². The van der Waals surface area contributed by atoms with Crippen LogP contribution in [0.15, 0.2) is 47.3 Å². The zero-order valence-electron chi connectivity index (χ0n) is 19.4. The van der Waals surface area contributed by atoms with E-state index in [0.717, 1.165) is 0 Å². The smallest absolute Gasteiger partial charge is 0.322 e. The number of urea groups is 1. The molecule has 1 heterocycles. The van der Waals surface area contributed by atoms with Crippen molar-refractivity contribution >= 4 is 45.8 Å². The number of hydrogen-bond acceptors (Lipinski definition) is 5. The molecule has 10 heteroatoms. The summed E-state index contributed by atoms with van der Waals surface area (Å²) in [5.74, 6) is 0.463. The Kier molecular flexibility index (Phi) is 9.29. The van der Waals surface area contributed by atoms with Crippen molar-refractivity contribution in [2.75, 3.05) is 39.3 Å². The lowest BCUT2D eigenvalue weighted by Gasteiger charge is -2.31. The van der Waals surface area contributed by atoms with E-state index in [1.54, 1.807) is 60.1 Å². The molecular formula is C24H28Cl2N4O4. The fourth-order valence-electron chi connectivity index (χ4n) is 3.68. The van der Waals surface area contributed by atoms with Gasteiger partial charge in [0.05, 0.1) is 45.8 Å². The molecule has 2 amide bonds. The Balaban J connectivity index is 2.03. The molecular weight excluding hydrogens is 479 g/mol. The van der Waals surface area contributed by atoms with Crippen LogP contribution in [-0.2, 0) is 16.0 Å². The lowest BCUT2D eigenvalue weighted by atomic mass is 10.2. The highest BCUT2D eigenvalue weighted by Gasteiger charge is 2.26. The molecule has 8 nitrogen and oxygen atoms in total. The summed E-state index contributed by atoms with van der Waals surface area (Å²) in [5, 5.41) is 3.93. The van der Waals surface area contributed by atoms with Crippen molar-refractivity contribution in [3.63, 3.8) is 0 Å². The number of nitrogens with one attached hydrogen (secondary N) is 1. The van der Waals surface area contributed by atoms with Gasteiger partial charge in [0, 0.05) is 27.4 Å². The number of benzene rings is 2. The van der Waals surface area contributed by atoms with E-state index in [1.165, 1.54) is 0 Å². The van der Waals surface area contributed by atoms with Crippen LogP contribution in [0.25, 0.3) is 10.9 Å². The van der Waals surface area contributed by atoms with E-state index in [2.05, 4.69) is 5.32 Å². The number of aromatic nitrogens is 2. The summed E-state index contributed by atoms with van der Waals surface area (Å²) in [6.45, 7) is 3.31. The molecule has 0 radical (unpaired) electrons. The lowest BCUT2D eigenvalue weighted by Crippen LogP contribution is -2.41. The zero-order chi connectivity index (χ0) is 24.7. The van der Waals surface area contributed by atoms with Gasteiger partial charge < -0.3 is 19.7 Å². The van der Waals surface area contributed by atoms with Gasteiger partial charge in [0.25, 0.3) is 5.56 Å². The molecule has 3 aromatic rings. The Morgan fingerprint density at radius 2 is 1.85 bits per heavy atom. The van der Waals surface area contributed by atoms with E-state index >= 15 is 0 Å². The minimum atomic E-state index is -0.538. The number of hydrogen-bond donors (Lipinski definition) is 1. The number of carbonyl (C=O) groups excluding carboxylic acids is 1. The topological polar surface area (TPSA) is 85.7 Å². The van der Waals surface area contributed by atoms with E-state index in [9.17, 15) is 9.59 Å². The first-order valence-corrected chi connectivity index (χ1v) is 11.6. The predicted octanol–water partition coefficient (Wildman–Crippen LogP) is 4.98. The van der Waals surface area contributed by atoms with Crippen molar-refractivity contribution in [1.82, 2.24) is 14.5 Å². The van der Waals surface area contributed by atoms with E-state index in [-0.39, 0.29) is 10.6 Å². The fraction of sp³-hybridized carbons (Fsp3) is 0.375. The minimum Gasteiger partial charge on any atom is -0.385 e. The fourth-order valence-corrected chi connectivity index (χ4v) is 4.03. The Hall–Kier alpha value is -2.65. The number of halogens is 2. The predicted molar refractivity (Wildman–Crippen MR) is 135 cm³/mol. The molecule has 34 heavy (non-hydrogen) atoms. The maximum Gasteiger partial charge on any atom is 0.322 e. The number of methoxy groups -OCH3 is 2. The third-order valence-electron chi connectivity index (χ3n) is 5.45. The largest absolute Gasteiger partial charge is 0.385 e. The van der Waals surface area contributed by atoms with Crippen LogP contribution in [0.4, 0.5) is 10.5 Å². The SMILES string of the molecule is COCCCN(C(=O)Nc1cccc(Cl)c1Cl)C(C)c1nc2ccccc2c(=O)n1CCOC. The third kappa shape index (κ3) is 5.88. The van der Waals surface area contributed by atoms with Crippen molar-refractivity contribution in [3.05, 3.63) is 68.7 Å². The maximum absolute atomic E-state index is 13.4. The van der Waals surface area contributed by atoms with Gasteiger partial charge in [-0.25, -0.2) is 9.78 Å².